The van der Waals surface area contributed by atoms with Crippen molar-refractivity contribution in [1.29, 1.82) is 0 Å². The van der Waals surface area contributed by atoms with Gasteiger partial charge in [0.2, 0.25) is 0 Å². The van der Waals surface area contributed by atoms with Crippen molar-refractivity contribution < 1.29 is 14.3 Å². The molecule has 0 fully saturated rings. The van der Waals surface area contributed by atoms with Crippen molar-refractivity contribution in [2.24, 2.45) is 0 Å². The molecule has 0 radical (unpaired) electrons. The van der Waals surface area contributed by atoms with Crippen LogP contribution in [0.2, 0.25) is 0 Å². The molecule has 2 rings (SSSR count). The molecule has 0 atom stereocenters. The van der Waals surface area contributed by atoms with Gasteiger partial charge in [0.1, 0.15) is 5.75 Å². The Bertz CT molecular complexity index is 766. The van der Waals surface area contributed by atoms with Crippen molar-refractivity contribution in [3.63, 3.8) is 0 Å². The molecule has 0 spiro atoms. The molecule has 138 valence electrons. The number of carbonyl (C=O) groups is 2. The number of benzene rings is 2. The predicted molar refractivity (Wildman–Crippen MR) is 102 cm³/mol. The Morgan fingerprint density at radius 1 is 0.923 bits per heavy atom. The van der Waals surface area contributed by atoms with Gasteiger partial charge in [-0.3, -0.25) is 9.59 Å². The van der Waals surface area contributed by atoms with Crippen molar-refractivity contribution in [2.45, 2.75) is 33.2 Å². The Morgan fingerprint density at radius 2 is 1.54 bits per heavy atom. The molecule has 0 unspecified atom stereocenters. The summed E-state index contributed by atoms with van der Waals surface area (Å²) in [5, 5.41) is 3.02. The monoisotopic (exact) mass is 354 g/mol. The molecular formula is C21H26N2O3. The van der Waals surface area contributed by atoms with E-state index in [0.717, 1.165) is 0 Å². The van der Waals surface area contributed by atoms with E-state index in [2.05, 4.69) is 0 Å². The van der Waals surface area contributed by atoms with Crippen molar-refractivity contribution in [1.82, 2.24) is 10.0 Å². The van der Waals surface area contributed by atoms with Gasteiger partial charge in [-0.1, -0.05) is 24.3 Å². The fourth-order valence-electron chi connectivity index (χ4n) is 2.76. The highest BCUT2D eigenvalue weighted by molar-refractivity contribution is 5.99. The first-order valence-corrected chi connectivity index (χ1v) is 8.65. The van der Waals surface area contributed by atoms with Gasteiger partial charge < -0.3 is 4.74 Å². The molecule has 0 aliphatic heterocycles. The quantitative estimate of drug-likeness (QED) is 0.780. The van der Waals surface area contributed by atoms with Crippen LogP contribution in [-0.2, 0) is 0 Å². The molecule has 0 aliphatic rings. The summed E-state index contributed by atoms with van der Waals surface area (Å²) in [6.45, 7) is 7.96. The molecule has 0 heterocycles. The maximum absolute atomic E-state index is 13.3. The van der Waals surface area contributed by atoms with E-state index in [1.54, 1.807) is 43.5 Å². The third-order valence-electron chi connectivity index (χ3n) is 3.94. The second kappa shape index (κ2) is 8.04. The van der Waals surface area contributed by atoms with Crippen LogP contribution in [0.5, 0.6) is 5.75 Å². The Hall–Kier alpha value is -2.82. The van der Waals surface area contributed by atoms with Gasteiger partial charge in [0.25, 0.3) is 11.8 Å². The Kier molecular flexibility index (Phi) is 6.03. The summed E-state index contributed by atoms with van der Waals surface area (Å²) in [7, 11) is 1.56. The fourth-order valence-corrected chi connectivity index (χ4v) is 2.76. The summed E-state index contributed by atoms with van der Waals surface area (Å²) in [5.74, 6) is 0.143. The number of methoxy groups -OCH3 is 1. The summed E-state index contributed by atoms with van der Waals surface area (Å²) >= 11 is 0. The highest BCUT2D eigenvalue weighted by Crippen LogP contribution is 2.23. The lowest BCUT2D eigenvalue weighted by atomic mass is 10.1. The van der Waals surface area contributed by atoms with Crippen LogP contribution in [-0.4, -0.2) is 41.0 Å². The van der Waals surface area contributed by atoms with Gasteiger partial charge in [0, 0.05) is 17.7 Å². The molecule has 0 aromatic heterocycles. The van der Waals surface area contributed by atoms with Crippen LogP contribution < -0.4 is 4.74 Å². The first-order valence-electron chi connectivity index (χ1n) is 8.65. The highest BCUT2D eigenvalue weighted by atomic mass is 16.5. The number of nitrogens with zero attached hydrogens (tertiary/aromatic N) is 2. The number of hydrazine groups is 1. The maximum Gasteiger partial charge on any atom is 0.273 e. The van der Waals surface area contributed by atoms with E-state index in [9.17, 15) is 9.59 Å². The number of ether oxygens (including phenoxy) is 1. The van der Waals surface area contributed by atoms with Gasteiger partial charge in [-0.25, -0.2) is 10.0 Å². The highest BCUT2D eigenvalue weighted by Gasteiger charge is 2.35. The molecule has 2 amide bonds. The van der Waals surface area contributed by atoms with Gasteiger partial charge in [-0.2, -0.15) is 0 Å². The van der Waals surface area contributed by atoms with Crippen LogP contribution in [0.3, 0.4) is 0 Å². The van der Waals surface area contributed by atoms with Crippen molar-refractivity contribution in [3.8, 4) is 5.75 Å². The second-order valence-electron chi connectivity index (χ2n) is 6.91. The smallest absolute Gasteiger partial charge is 0.273 e. The van der Waals surface area contributed by atoms with E-state index in [0.29, 0.717) is 23.4 Å². The normalized spacial score (nSPS) is 11.0. The SMILES string of the molecule is CCN(C(=O)c1ccccc1)N(C(=O)c1cccc(OC)c1)C(C)(C)C. The number of rotatable bonds is 4. The van der Waals surface area contributed by atoms with Gasteiger partial charge in [-0.15, -0.1) is 0 Å². The minimum atomic E-state index is -0.583. The Morgan fingerprint density at radius 3 is 2.08 bits per heavy atom. The lowest BCUT2D eigenvalue weighted by Crippen LogP contribution is -2.58. The Balaban J connectivity index is 2.45. The third-order valence-corrected chi connectivity index (χ3v) is 3.94. The van der Waals surface area contributed by atoms with Gasteiger partial charge in [0.15, 0.2) is 0 Å². The van der Waals surface area contributed by atoms with Crippen LogP contribution in [0.1, 0.15) is 48.4 Å². The van der Waals surface area contributed by atoms with Crippen LogP contribution in [0.4, 0.5) is 0 Å². The number of hydrogen-bond acceptors (Lipinski definition) is 3. The largest absolute Gasteiger partial charge is 0.497 e. The van der Waals surface area contributed by atoms with Crippen LogP contribution in [0.25, 0.3) is 0 Å². The molecule has 2 aromatic rings. The summed E-state index contributed by atoms with van der Waals surface area (Å²) in [4.78, 5) is 26.3. The Labute approximate surface area is 155 Å². The van der Waals surface area contributed by atoms with Crippen molar-refractivity contribution in [3.05, 3.63) is 65.7 Å². The first kappa shape index (κ1) is 19.5. The minimum Gasteiger partial charge on any atom is -0.497 e. The van der Waals surface area contributed by atoms with Gasteiger partial charge >= 0.3 is 0 Å². The molecule has 2 aromatic carbocycles. The topological polar surface area (TPSA) is 49.9 Å². The lowest BCUT2D eigenvalue weighted by molar-refractivity contribution is -0.0411. The fraction of sp³-hybridized carbons (Fsp3) is 0.333. The zero-order valence-electron chi connectivity index (χ0n) is 16.0. The summed E-state index contributed by atoms with van der Waals surface area (Å²) in [6.07, 6.45) is 0. The molecule has 0 aliphatic carbocycles. The van der Waals surface area contributed by atoms with Crippen LogP contribution in [0, 0.1) is 0 Å². The summed E-state index contributed by atoms with van der Waals surface area (Å²) in [6, 6.07) is 15.9. The molecule has 26 heavy (non-hydrogen) atoms. The number of hydrogen-bond donors (Lipinski definition) is 0. The first-order chi connectivity index (χ1) is 12.3. The van der Waals surface area contributed by atoms with Gasteiger partial charge in [0.05, 0.1) is 12.6 Å². The standard InChI is InChI=1S/C21H26N2O3/c1-6-22(19(24)16-11-8-7-9-12-16)23(21(2,3)4)20(25)17-13-10-14-18(15-17)26-5/h7-15H,6H2,1-5H3. The van der Waals surface area contributed by atoms with Gasteiger partial charge in [-0.05, 0) is 58.0 Å². The third kappa shape index (κ3) is 4.23. The van der Waals surface area contributed by atoms with E-state index in [1.807, 2.05) is 45.9 Å². The van der Waals surface area contributed by atoms with Crippen molar-refractivity contribution in [2.75, 3.05) is 13.7 Å². The van der Waals surface area contributed by atoms with Crippen molar-refractivity contribution >= 4 is 11.8 Å². The number of amides is 2. The zero-order valence-corrected chi connectivity index (χ0v) is 16.0. The lowest BCUT2D eigenvalue weighted by Gasteiger charge is -2.43. The van der Waals surface area contributed by atoms with Crippen LogP contribution in [0.15, 0.2) is 54.6 Å². The van der Waals surface area contributed by atoms with E-state index in [4.69, 9.17) is 4.74 Å². The van der Waals surface area contributed by atoms with E-state index < -0.39 is 5.54 Å². The molecule has 5 heteroatoms. The minimum absolute atomic E-state index is 0.209. The molecule has 0 saturated carbocycles. The van der Waals surface area contributed by atoms with E-state index in [1.165, 1.54) is 10.0 Å². The molecular weight excluding hydrogens is 328 g/mol. The molecule has 0 saturated heterocycles. The zero-order chi connectivity index (χ0) is 19.3. The van der Waals surface area contributed by atoms with E-state index in [-0.39, 0.29) is 11.8 Å². The summed E-state index contributed by atoms with van der Waals surface area (Å²) < 4.78 is 5.22. The number of carbonyl (C=O) groups excluding carboxylic acids is 2. The molecule has 5 nitrogen and oxygen atoms in total. The summed E-state index contributed by atoms with van der Waals surface area (Å²) in [5.41, 5.74) is 0.432. The molecule has 0 N–H and O–H groups in total. The maximum atomic E-state index is 13.3. The van der Waals surface area contributed by atoms with E-state index >= 15 is 0 Å². The average molecular weight is 354 g/mol. The predicted octanol–water partition coefficient (Wildman–Crippen LogP) is 4.01. The average Bonchev–Trinajstić information content (AvgIpc) is 2.64. The van der Waals surface area contributed by atoms with Crippen LogP contribution >= 0.6 is 0 Å². The second-order valence-corrected chi connectivity index (χ2v) is 6.91. The molecule has 0 bridgehead atoms.